The van der Waals surface area contributed by atoms with E-state index in [-0.39, 0.29) is 5.92 Å². The molecule has 1 unspecified atom stereocenters. The van der Waals surface area contributed by atoms with Crippen LogP contribution in [0.3, 0.4) is 0 Å². The summed E-state index contributed by atoms with van der Waals surface area (Å²) in [6.07, 6.45) is 0.666. The van der Waals surface area contributed by atoms with Crippen LogP contribution in [0, 0.1) is 0 Å². The van der Waals surface area contributed by atoms with E-state index in [1.54, 1.807) is 0 Å². The first-order valence-electron chi connectivity index (χ1n) is 4.66. The second-order valence-corrected chi connectivity index (χ2v) is 3.38. The van der Waals surface area contributed by atoms with Crippen LogP contribution >= 0.6 is 0 Å². The molecule has 1 N–H and O–H groups in total. The van der Waals surface area contributed by atoms with Crippen LogP contribution in [0.5, 0.6) is 0 Å². The lowest BCUT2D eigenvalue weighted by atomic mass is 9.91. The van der Waals surface area contributed by atoms with Gasteiger partial charge in [0.25, 0.3) is 0 Å². The fourth-order valence-electron chi connectivity index (χ4n) is 1.74. The zero-order chi connectivity index (χ0) is 9.10. The van der Waals surface area contributed by atoms with Crippen molar-refractivity contribution in [1.82, 2.24) is 5.32 Å². The quantitative estimate of drug-likeness (QED) is 0.697. The van der Waals surface area contributed by atoms with Crippen LogP contribution in [-0.4, -0.2) is 18.9 Å². The number of carbonyl (C=O) groups is 1. The molecular formula is C11H13NO. The summed E-state index contributed by atoms with van der Waals surface area (Å²) in [4.78, 5) is 11.6. The monoisotopic (exact) mass is 175 g/mol. The molecule has 2 heteroatoms. The van der Waals surface area contributed by atoms with Gasteiger partial charge in [-0.15, -0.1) is 0 Å². The van der Waals surface area contributed by atoms with E-state index in [1.165, 1.54) is 0 Å². The number of rotatable bonds is 1. The summed E-state index contributed by atoms with van der Waals surface area (Å²) >= 11 is 0. The molecule has 0 radical (unpaired) electrons. The Labute approximate surface area is 78.0 Å². The van der Waals surface area contributed by atoms with E-state index >= 15 is 0 Å². The van der Waals surface area contributed by atoms with E-state index in [2.05, 4.69) is 5.32 Å². The van der Waals surface area contributed by atoms with Gasteiger partial charge in [0, 0.05) is 19.5 Å². The van der Waals surface area contributed by atoms with Gasteiger partial charge >= 0.3 is 0 Å². The molecule has 1 aliphatic heterocycles. The van der Waals surface area contributed by atoms with E-state index in [1.807, 2.05) is 30.3 Å². The molecule has 1 aliphatic rings. The number of benzene rings is 1. The van der Waals surface area contributed by atoms with Gasteiger partial charge in [0.15, 0.2) is 0 Å². The molecule has 1 aromatic carbocycles. The highest BCUT2D eigenvalue weighted by Crippen LogP contribution is 2.19. The molecule has 0 amide bonds. The Morgan fingerprint density at radius 2 is 2.00 bits per heavy atom. The summed E-state index contributed by atoms with van der Waals surface area (Å²) in [7, 11) is 0. The van der Waals surface area contributed by atoms with Gasteiger partial charge in [0.2, 0.25) is 0 Å². The Kier molecular flexibility index (Phi) is 2.41. The molecule has 0 bridgehead atoms. The minimum absolute atomic E-state index is 0.0787. The smallest absolute Gasteiger partial charge is 0.142 e. The topological polar surface area (TPSA) is 29.1 Å². The van der Waals surface area contributed by atoms with Crippen molar-refractivity contribution in [3.8, 4) is 0 Å². The van der Waals surface area contributed by atoms with E-state index in [9.17, 15) is 4.79 Å². The molecule has 1 heterocycles. The molecule has 13 heavy (non-hydrogen) atoms. The summed E-state index contributed by atoms with van der Waals surface area (Å²) in [6, 6.07) is 9.99. The summed E-state index contributed by atoms with van der Waals surface area (Å²) < 4.78 is 0. The van der Waals surface area contributed by atoms with Gasteiger partial charge in [-0.1, -0.05) is 30.3 Å². The normalized spacial score (nSPS) is 23.1. The lowest BCUT2D eigenvalue weighted by Gasteiger charge is -2.21. The maximum Gasteiger partial charge on any atom is 0.142 e. The summed E-state index contributed by atoms with van der Waals surface area (Å²) in [5.41, 5.74) is 1.14. The summed E-state index contributed by atoms with van der Waals surface area (Å²) in [5.74, 6) is 0.444. The van der Waals surface area contributed by atoms with Crippen molar-refractivity contribution in [2.75, 3.05) is 13.1 Å². The first kappa shape index (κ1) is 8.45. The number of hydrogen-bond donors (Lipinski definition) is 1. The SMILES string of the molecule is O=C1CCNCC1c1ccccc1. The number of ketones is 1. The maximum absolute atomic E-state index is 11.6. The third-order valence-electron chi connectivity index (χ3n) is 2.49. The van der Waals surface area contributed by atoms with Crippen molar-refractivity contribution in [3.63, 3.8) is 0 Å². The van der Waals surface area contributed by atoms with Crippen molar-refractivity contribution in [1.29, 1.82) is 0 Å². The van der Waals surface area contributed by atoms with E-state index in [0.717, 1.165) is 18.7 Å². The van der Waals surface area contributed by atoms with Crippen LogP contribution in [0.15, 0.2) is 30.3 Å². The first-order chi connectivity index (χ1) is 6.38. The second-order valence-electron chi connectivity index (χ2n) is 3.38. The minimum Gasteiger partial charge on any atom is -0.315 e. The number of nitrogens with one attached hydrogen (secondary N) is 1. The van der Waals surface area contributed by atoms with E-state index in [0.29, 0.717) is 12.2 Å². The molecule has 68 valence electrons. The number of hydrogen-bond acceptors (Lipinski definition) is 2. The van der Waals surface area contributed by atoms with Gasteiger partial charge in [-0.3, -0.25) is 4.79 Å². The molecule has 2 rings (SSSR count). The standard InChI is InChI=1S/C11H13NO/c13-11-6-7-12-8-10(11)9-4-2-1-3-5-9/h1-5,10,12H,6-8H2. The molecule has 1 aromatic rings. The molecule has 0 saturated carbocycles. The van der Waals surface area contributed by atoms with Crippen molar-refractivity contribution in [3.05, 3.63) is 35.9 Å². The fraction of sp³-hybridized carbons (Fsp3) is 0.364. The predicted octanol–water partition coefficient (Wildman–Crippen LogP) is 1.33. The van der Waals surface area contributed by atoms with Crippen LogP contribution in [0.1, 0.15) is 17.9 Å². The van der Waals surface area contributed by atoms with Gasteiger partial charge in [-0.05, 0) is 5.56 Å². The zero-order valence-corrected chi connectivity index (χ0v) is 7.49. The molecular weight excluding hydrogens is 162 g/mol. The van der Waals surface area contributed by atoms with Gasteiger partial charge < -0.3 is 5.32 Å². The summed E-state index contributed by atoms with van der Waals surface area (Å²) in [6.45, 7) is 1.63. The van der Waals surface area contributed by atoms with Crippen LogP contribution < -0.4 is 5.32 Å². The lowest BCUT2D eigenvalue weighted by molar-refractivity contribution is -0.121. The van der Waals surface area contributed by atoms with Crippen LogP contribution in [0.2, 0.25) is 0 Å². The van der Waals surface area contributed by atoms with Gasteiger partial charge in [-0.2, -0.15) is 0 Å². The zero-order valence-electron chi connectivity index (χ0n) is 7.49. The molecule has 2 nitrogen and oxygen atoms in total. The molecule has 0 spiro atoms. The predicted molar refractivity (Wildman–Crippen MR) is 51.7 cm³/mol. The van der Waals surface area contributed by atoms with Crippen molar-refractivity contribution in [2.24, 2.45) is 0 Å². The average Bonchev–Trinajstić information content (AvgIpc) is 2.20. The van der Waals surface area contributed by atoms with Gasteiger partial charge in [0.1, 0.15) is 5.78 Å². The fourth-order valence-corrected chi connectivity index (χ4v) is 1.74. The Bertz CT molecular complexity index is 294. The highest BCUT2D eigenvalue weighted by atomic mass is 16.1. The maximum atomic E-state index is 11.6. The molecule has 0 aromatic heterocycles. The lowest BCUT2D eigenvalue weighted by Crippen LogP contribution is -2.35. The molecule has 1 saturated heterocycles. The number of Topliss-reactive ketones (excluding diaryl/α,β-unsaturated/α-hetero) is 1. The Morgan fingerprint density at radius 3 is 2.69 bits per heavy atom. The Morgan fingerprint density at radius 1 is 1.23 bits per heavy atom. The highest BCUT2D eigenvalue weighted by molar-refractivity contribution is 5.86. The number of piperidine rings is 1. The third-order valence-corrected chi connectivity index (χ3v) is 2.49. The van der Waals surface area contributed by atoms with Gasteiger partial charge in [0.05, 0.1) is 5.92 Å². The molecule has 0 aliphatic carbocycles. The van der Waals surface area contributed by atoms with Crippen molar-refractivity contribution in [2.45, 2.75) is 12.3 Å². The Balaban J connectivity index is 2.20. The van der Waals surface area contributed by atoms with Crippen molar-refractivity contribution < 1.29 is 4.79 Å². The van der Waals surface area contributed by atoms with E-state index in [4.69, 9.17) is 0 Å². The van der Waals surface area contributed by atoms with Crippen LogP contribution in [0.25, 0.3) is 0 Å². The average molecular weight is 175 g/mol. The number of carbonyl (C=O) groups excluding carboxylic acids is 1. The largest absolute Gasteiger partial charge is 0.315 e. The molecule has 1 atom stereocenters. The Hall–Kier alpha value is -1.15. The first-order valence-corrected chi connectivity index (χ1v) is 4.66. The highest BCUT2D eigenvalue weighted by Gasteiger charge is 2.22. The summed E-state index contributed by atoms with van der Waals surface area (Å²) in [5, 5.41) is 3.24. The van der Waals surface area contributed by atoms with Gasteiger partial charge in [-0.25, -0.2) is 0 Å². The second kappa shape index (κ2) is 3.71. The van der Waals surface area contributed by atoms with E-state index < -0.39 is 0 Å². The third kappa shape index (κ3) is 1.78. The molecule has 1 fully saturated rings. The van der Waals surface area contributed by atoms with Crippen LogP contribution in [-0.2, 0) is 4.79 Å². The minimum atomic E-state index is 0.0787. The van der Waals surface area contributed by atoms with Crippen LogP contribution in [0.4, 0.5) is 0 Å². The van der Waals surface area contributed by atoms with Crippen molar-refractivity contribution >= 4 is 5.78 Å².